The van der Waals surface area contributed by atoms with Crippen LogP contribution in [0.5, 0.6) is 0 Å². The van der Waals surface area contributed by atoms with Gasteiger partial charge < -0.3 is 14.7 Å². The van der Waals surface area contributed by atoms with Crippen LogP contribution in [-0.2, 0) is 16.9 Å². The molecule has 0 aliphatic carbocycles. The number of aliphatic hydroxyl groups is 1. The van der Waals surface area contributed by atoms with Gasteiger partial charge in [0.05, 0.1) is 17.2 Å². The van der Waals surface area contributed by atoms with E-state index in [4.69, 9.17) is 4.74 Å². The Bertz CT molecular complexity index is 976. The summed E-state index contributed by atoms with van der Waals surface area (Å²) in [6, 6.07) is 12.3. The van der Waals surface area contributed by atoms with Crippen LogP contribution in [0.15, 0.2) is 42.5 Å². The maximum atomic E-state index is 13.9. The van der Waals surface area contributed by atoms with Crippen molar-refractivity contribution >= 4 is 6.09 Å². The van der Waals surface area contributed by atoms with E-state index in [0.29, 0.717) is 12.8 Å². The van der Waals surface area contributed by atoms with Crippen LogP contribution in [0.3, 0.4) is 0 Å². The summed E-state index contributed by atoms with van der Waals surface area (Å²) < 4.78 is 33.0. The van der Waals surface area contributed by atoms with Crippen molar-refractivity contribution < 1.29 is 23.4 Å². The van der Waals surface area contributed by atoms with Gasteiger partial charge in [-0.2, -0.15) is 5.26 Å². The Labute approximate surface area is 173 Å². The molecule has 2 atom stereocenters. The van der Waals surface area contributed by atoms with E-state index < -0.39 is 23.3 Å². The first-order chi connectivity index (χ1) is 14.4. The lowest BCUT2D eigenvalue weighted by Gasteiger charge is -2.51. The van der Waals surface area contributed by atoms with Gasteiger partial charge in [-0.05, 0) is 37.0 Å². The molecule has 0 spiro atoms. The maximum absolute atomic E-state index is 13.9. The van der Waals surface area contributed by atoms with Gasteiger partial charge in [0.2, 0.25) is 0 Å². The number of nitriles is 1. The van der Waals surface area contributed by atoms with Gasteiger partial charge in [0.25, 0.3) is 0 Å². The summed E-state index contributed by atoms with van der Waals surface area (Å²) in [6.45, 7) is 0.154. The molecule has 156 valence electrons. The minimum Gasteiger partial charge on any atom is -0.445 e. The Morgan fingerprint density at radius 2 is 1.80 bits per heavy atom. The second kappa shape index (κ2) is 8.04. The van der Waals surface area contributed by atoms with E-state index in [1.165, 1.54) is 0 Å². The first-order valence-electron chi connectivity index (χ1n) is 10.0. The highest BCUT2D eigenvalue weighted by atomic mass is 19.2. The molecule has 7 heteroatoms. The zero-order chi connectivity index (χ0) is 21.3. The number of carbonyl (C=O) groups is 1. The van der Waals surface area contributed by atoms with Gasteiger partial charge in [-0.1, -0.05) is 30.3 Å². The highest BCUT2D eigenvalue weighted by molar-refractivity contribution is 5.69. The van der Waals surface area contributed by atoms with E-state index in [1.807, 2.05) is 36.4 Å². The summed E-state index contributed by atoms with van der Waals surface area (Å²) in [6.07, 6.45) is 2.08. The molecule has 30 heavy (non-hydrogen) atoms. The highest BCUT2D eigenvalue weighted by Gasteiger charge is 2.49. The van der Waals surface area contributed by atoms with Crippen molar-refractivity contribution in [1.29, 1.82) is 5.26 Å². The van der Waals surface area contributed by atoms with Gasteiger partial charge in [0, 0.05) is 30.5 Å². The third kappa shape index (κ3) is 3.75. The molecule has 2 bridgehead atoms. The van der Waals surface area contributed by atoms with Gasteiger partial charge in [-0.15, -0.1) is 0 Å². The summed E-state index contributed by atoms with van der Waals surface area (Å²) >= 11 is 0. The summed E-state index contributed by atoms with van der Waals surface area (Å²) in [5.74, 6) is -2.23. The van der Waals surface area contributed by atoms with E-state index in [9.17, 15) is 23.9 Å². The molecule has 2 aliphatic rings. The van der Waals surface area contributed by atoms with Crippen LogP contribution >= 0.6 is 0 Å². The normalized spacial score (nSPS) is 25.5. The quantitative estimate of drug-likeness (QED) is 0.812. The Morgan fingerprint density at radius 1 is 1.17 bits per heavy atom. The molecular weight excluding hydrogens is 390 g/mol. The fraction of sp³-hybridized carbons (Fsp3) is 0.391. The topological polar surface area (TPSA) is 73.6 Å². The van der Waals surface area contributed by atoms with Crippen LogP contribution in [0.4, 0.5) is 13.6 Å². The predicted octanol–water partition coefficient (Wildman–Crippen LogP) is 4.38. The summed E-state index contributed by atoms with van der Waals surface area (Å²) in [4.78, 5) is 14.5. The third-order valence-corrected chi connectivity index (χ3v) is 6.11. The Balaban J connectivity index is 1.56. The largest absolute Gasteiger partial charge is 0.445 e. The van der Waals surface area contributed by atoms with Gasteiger partial charge in [0.15, 0.2) is 11.6 Å². The number of amides is 1. The fourth-order valence-electron chi connectivity index (χ4n) is 4.77. The Morgan fingerprint density at radius 3 is 2.43 bits per heavy atom. The molecule has 2 aliphatic heterocycles. The SMILES string of the molecule is N#Cc1cc(F)c(F)cc1C1(O)CC2CCCC(C1)N2C(=O)OCc1ccccc1. The summed E-state index contributed by atoms with van der Waals surface area (Å²) in [7, 11) is 0. The number of rotatable bonds is 3. The number of nitrogens with zero attached hydrogens (tertiary/aromatic N) is 2. The van der Waals surface area contributed by atoms with Gasteiger partial charge in [-0.25, -0.2) is 13.6 Å². The maximum Gasteiger partial charge on any atom is 0.410 e. The van der Waals surface area contributed by atoms with Crippen LogP contribution in [0.2, 0.25) is 0 Å². The molecule has 1 N–H and O–H groups in total. The smallest absolute Gasteiger partial charge is 0.410 e. The second-order valence-corrected chi connectivity index (χ2v) is 8.05. The first kappa shape index (κ1) is 20.3. The monoisotopic (exact) mass is 412 g/mol. The molecule has 5 nitrogen and oxygen atoms in total. The van der Waals surface area contributed by atoms with E-state index >= 15 is 0 Å². The minimum absolute atomic E-state index is 0.0816. The fourth-order valence-corrected chi connectivity index (χ4v) is 4.77. The zero-order valence-corrected chi connectivity index (χ0v) is 16.4. The molecule has 2 aromatic rings. The first-order valence-corrected chi connectivity index (χ1v) is 10.0. The van der Waals surface area contributed by atoms with Gasteiger partial charge >= 0.3 is 6.09 Å². The number of benzene rings is 2. The lowest BCUT2D eigenvalue weighted by atomic mass is 9.71. The average Bonchev–Trinajstić information content (AvgIpc) is 2.73. The number of carbonyl (C=O) groups excluding carboxylic acids is 1. The number of fused-ring (bicyclic) bond motifs is 2. The summed E-state index contributed by atoms with van der Waals surface area (Å²) in [5.41, 5.74) is -0.636. The zero-order valence-electron chi connectivity index (χ0n) is 16.4. The van der Waals surface area contributed by atoms with Crippen LogP contribution in [-0.4, -0.2) is 28.2 Å². The molecule has 2 unspecified atom stereocenters. The molecule has 2 fully saturated rings. The molecule has 2 aromatic carbocycles. The van der Waals surface area contributed by atoms with Crippen molar-refractivity contribution in [2.45, 2.75) is 56.4 Å². The average molecular weight is 412 g/mol. The molecule has 2 heterocycles. The summed E-state index contributed by atoms with van der Waals surface area (Å²) in [5, 5.41) is 20.7. The van der Waals surface area contributed by atoms with Gasteiger partial charge in [-0.3, -0.25) is 0 Å². The van der Waals surface area contributed by atoms with Crippen molar-refractivity contribution in [2.75, 3.05) is 0 Å². The van der Waals surface area contributed by atoms with Crippen molar-refractivity contribution in [3.63, 3.8) is 0 Å². The lowest BCUT2D eigenvalue weighted by Crippen LogP contribution is -2.59. The number of ether oxygens (including phenoxy) is 1. The number of piperidine rings is 2. The number of hydrogen-bond acceptors (Lipinski definition) is 4. The van der Waals surface area contributed by atoms with Crippen LogP contribution in [0.25, 0.3) is 0 Å². The van der Waals surface area contributed by atoms with Crippen molar-refractivity contribution in [2.24, 2.45) is 0 Å². The van der Waals surface area contributed by atoms with Crippen LogP contribution in [0.1, 0.15) is 48.8 Å². The van der Waals surface area contributed by atoms with Crippen molar-refractivity contribution in [1.82, 2.24) is 4.90 Å². The Hall–Kier alpha value is -2.98. The van der Waals surface area contributed by atoms with E-state index in [2.05, 4.69) is 0 Å². The standard InChI is InChI=1S/C23H22F2N2O3/c24-20-9-16(13-26)19(10-21(20)25)23(29)11-17-7-4-8-18(12-23)27(17)22(28)30-14-15-5-2-1-3-6-15/h1-3,5-6,9-10,17-18,29H,4,7-8,11-12,14H2. The van der Waals surface area contributed by atoms with Crippen molar-refractivity contribution in [3.8, 4) is 6.07 Å². The highest BCUT2D eigenvalue weighted by Crippen LogP contribution is 2.45. The minimum atomic E-state index is -1.51. The van der Waals surface area contributed by atoms with Crippen LogP contribution in [0, 0.1) is 23.0 Å². The molecule has 4 rings (SSSR count). The number of hydrogen-bond donors (Lipinski definition) is 1. The molecule has 2 saturated heterocycles. The van der Waals surface area contributed by atoms with Crippen LogP contribution < -0.4 is 0 Å². The molecular formula is C23H22F2N2O3. The van der Waals surface area contributed by atoms with E-state index in [1.54, 1.807) is 4.90 Å². The Kier molecular flexibility index (Phi) is 5.44. The predicted molar refractivity (Wildman–Crippen MR) is 104 cm³/mol. The van der Waals surface area contributed by atoms with Gasteiger partial charge in [0.1, 0.15) is 6.61 Å². The van der Waals surface area contributed by atoms with Crippen molar-refractivity contribution in [3.05, 3.63) is 70.8 Å². The number of halogens is 2. The molecule has 0 radical (unpaired) electrons. The van der Waals surface area contributed by atoms with E-state index in [0.717, 1.165) is 24.1 Å². The second-order valence-electron chi connectivity index (χ2n) is 8.05. The molecule has 0 saturated carbocycles. The lowest BCUT2D eigenvalue weighted by molar-refractivity contribution is -0.0899. The molecule has 1 amide bonds. The third-order valence-electron chi connectivity index (χ3n) is 6.11. The van der Waals surface area contributed by atoms with E-state index in [-0.39, 0.29) is 42.7 Å². The molecule has 0 aromatic heterocycles.